The van der Waals surface area contributed by atoms with Gasteiger partial charge in [-0.05, 0) is 49.6 Å². The Morgan fingerprint density at radius 1 is 1.22 bits per heavy atom. The molecule has 5 heteroatoms. The number of rotatable bonds is 5. The summed E-state index contributed by atoms with van der Waals surface area (Å²) >= 11 is 0. The number of hydrogen-bond acceptors (Lipinski definition) is 3. The number of carbonyl (C=O) groups is 1. The van der Waals surface area contributed by atoms with Crippen LogP contribution in [0.4, 0.5) is 0 Å². The van der Waals surface area contributed by atoms with Crippen LogP contribution in [0.5, 0.6) is 5.75 Å². The molecule has 140 valence electrons. The van der Waals surface area contributed by atoms with Crippen molar-refractivity contribution >= 4 is 16.9 Å². The highest BCUT2D eigenvalue weighted by atomic mass is 16.5. The quantitative estimate of drug-likeness (QED) is 0.685. The van der Waals surface area contributed by atoms with Gasteiger partial charge in [0, 0.05) is 13.5 Å². The number of carbonyl (C=O) groups excluding carboxylic acids is 1. The fourth-order valence-corrected chi connectivity index (χ4v) is 3.96. The van der Waals surface area contributed by atoms with Gasteiger partial charge in [-0.2, -0.15) is 0 Å². The summed E-state index contributed by atoms with van der Waals surface area (Å²) in [7, 11) is 0. The second kappa shape index (κ2) is 7.43. The lowest BCUT2D eigenvalue weighted by Crippen LogP contribution is -2.30. The van der Waals surface area contributed by atoms with E-state index in [4.69, 9.17) is 9.72 Å². The third kappa shape index (κ3) is 3.54. The third-order valence-corrected chi connectivity index (χ3v) is 5.21. The smallest absolute Gasteiger partial charge is 0.220 e. The molecule has 27 heavy (non-hydrogen) atoms. The average Bonchev–Trinajstić information content (AvgIpc) is 3.27. The molecule has 2 aromatic carbocycles. The van der Waals surface area contributed by atoms with Gasteiger partial charge in [-0.25, -0.2) is 4.98 Å². The number of benzene rings is 2. The van der Waals surface area contributed by atoms with E-state index in [-0.39, 0.29) is 11.9 Å². The normalized spacial score (nSPS) is 16.8. The van der Waals surface area contributed by atoms with Gasteiger partial charge in [-0.15, -0.1) is 0 Å². The predicted molar refractivity (Wildman–Crippen MR) is 106 cm³/mol. The minimum atomic E-state index is 0.0499. The van der Waals surface area contributed by atoms with E-state index in [0.717, 1.165) is 42.0 Å². The molecule has 1 atom stereocenters. The molecule has 1 fully saturated rings. The number of hydrogen-bond donors (Lipinski definition) is 0. The van der Waals surface area contributed by atoms with E-state index in [1.807, 2.05) is 41.3 Å². The molecule has 0 aliphatic carbocycles. The highest BCUT2D eigenvalue weighted by Crippen LogP contribution is 2.33. The molecule has 0 N–H and O–H groups in total. The molecule has 2 heterocycles. The van der Waals surface area contributed by atoms with Crippen molar-refractivity contribution in [1.29, 1.82) is 0 Å². The first-order valence-corrected chi connectivity index (χ1v) is 9.55. The highest BCUT2D eigenvalue weighted by molar-refractivity contribution is 5.77. The van der Waals surface area contributed by atoms with E-state index in [9.17, 15) is 4.79 Å². The Bertz CT molecular complexity index is 963. The summed E-state index contributed by atoms with van der Waals surface area (Å²) in [5, 5.41) is 0. The van der Waals surface area contributed by atoms with Crippen LogP contribution < -0.4 is 4.74 Å². The molecule has 0 saturated carbocycles. The lowest BCUT2D eigenvalue weighted by atomic mass is 10.2. The summed E-state index contributed by atoms with van der Waals surface area (Å²) < 4.78 is 8.19. The van der Waals surface area contributed by atoms with Gasteiger partial charge in [0.05, 0.1) is 23.6 Å². The number of amides is 1. The fourth-order valence-electron chi connectivity index (χ4n) is 3.96. The Morgan fingerprint density at radius 3 is 2.89 bits per heavy atom. The third-order valence-electron chi connectivity index (χ3n) is 5.21. The SMILES string of the molecule is CC(=O)N1CCCC1c1nc2ccccc2n1CCOc1cccc(C)c1. The number of aryl methyl sites for hydroxylation is 1. The maximum atomic E-state index is 12.1. The largest absolute Gasteiger partial charge is 0.492 e. The molecule has 1 unspecified atom stereocenters. The van der Waals surface area contributed by atoms with E-state index in [2.05, 4.69) is 23.6 Å². The molecule has 1 aliphatic rings. The molecule has 0 bridgehead atoms. The first kappa shape index (κ1) is 17.6. The van der Waals surface area contributed by atoms with Crippen molar-refractivity contribution < 1.29 is 9.53 Å². The lowest BCUT2D eigenvalue weighted by Gasteiger charge is -2.24. The molecule has 0 spiro atoms. The summed E-state index contributed by atoms with van der Waals surface area (Å²) in [6, 6.07) is 16.3. The van der Waals surface area contributed by atoms with Gasteiger partial charge in [0.15, 0.2) is 0 Å². The Morgan fingerprint density at radius 2 is 2.07 bits per heavy atom. The van der Waals surface area contributed by atoms with Gasteiger partial charge in [0.25, 0.3) is 0 Å². The number of para-hydroxylation sites is 2. The Balaban J connectivity index is 1.61. The lowest BCUT2D eigenvalue weighted by molar-refractivity contribution is -0.129. The maximum Gasteiger partial charge on any atom is 0.220 e. The number of nitrogens with zero attached hydrogens (tertiary/aromatic N) is 3. The predicted octanol–water partition coefficient (Wildman–Crippen LogP) is 4.11. The van der Waals surface area contributed by atoms with Gasteiger partial charge in [-0.3, -0.25) is 4.79 Å². The summed E-state index contributed by atoms with van der Waals surface area (Å²) in [5.74, 6) is 1.97. The molecule has 4 rings (SSSR count). The van der Waals surface area contributed by atoms with Crippen LogP contribution in [0, 0.1) is 6.92 Å². The molecular formula is C22H25N3O2. The molecular weight excluding hydrogens is 338 g/mol. The summed E-state index contributed by atoms with van der Waals surface area (Å²) in [6.07, 6.45) is 1.98. The van der Waals surface area contributed by atoms with Crippen LogP contribution >= 0.6 is 0 Å². The number of aromatic nitrogens is 2. The molecule has 1 aliphatic heterocycles. The molecule has 1 saturated heterocycles. The molecule has 0 radical (unpaired) electrons. The van der Waals surface area contributed by atoms with E-state index >= 15 is 0 Å². The summed E-state index contributed by atoms with van der Waals surface area (Å²) in [4.78, 5) is 18.9. The van der Waals surface area contributed by atoms with Crippen molar-refractivity contribution in [2.75, 3.05) is 13.2 Å². The highest BCUT2D eigenvalue weighted by Gasteiger charge is 2.32. The van der Waals surface area contributed by atoms with Crippen LogP contribution in [0.1, 0.15) is 37.2 Å². The Labute approximate surface area is 159 Å². The second-order valence-electron chi connectivity index (χ2n) is 7.15. The van der Waals surface area contributed by atoms with Gasteiger partial charge in [0.1, 0.15) is 18.2 Å². The minimum Gasteiger partial charge on any atom is -0.492 e. The number of fused-ring (bicyclic) bond motifs is 1. The standard InChI is InChI=1S/C22H25N3O2/c1-16-7-5-8-18(15-16)27-14-13-25-20-10-4-3-9-19(20)23-22(25)21-11-6-12-24(21)17(2)26/h3-5,7-10,15,21H,6,11-14H2,1-2H3. The summed E-state index contributed by atoms with van der Waals surface area (Å²) in [6.45, 7) is 5.77. The van der Waals surface area contributed by atoms with Gasteiger partial charge in [-0.1, -0.05) is 24.3 Å². The van der Waals surface area contributed by atoms with Crippen molar-refractivity contribution in [3.8, 4) is 5.75 Å². The molecule has 5 nitrogen and oxygen atoms in total. The van der Waals surface area contributed by atoms with E-state index in [1.54, 1.807) is 6.92 Å². The zero-order chi connectivity index (χ0) is 18.8. The van der Waals surface area contributed by atoms with Crippen LogP contribution in [0.3, 0.4) is 0 Å². The Hall–Kier alpha value is -2.82. The monoisotopic (exact) mass is 363 g/mol. The topological polar surface area (TPSA) is 47.4 Å². The van der Waals surface area contributed by atoms with Gasteiger partial charge >= 0.3 is 0 Å². The van der Waals surface area contributed by atoms with E-state index < -0.39 is 0 Å². The number of imidazole rings is 1. The van der Waals surface area contributed by atoms with Crippen molar-refractivity contribution in [1.82, 2.24) is 14.5 Å². The van der Waals surface area contributed by atoms with Crippen molar-refractivity contribution in [3.05, 3.63) is 59.9 Å². The number of likely N-dealkylation sites (tertiary alicyclic amines) is 1. The van der Waals surface area contributed by atoms with Crippen LogP contribution in [0.2, 0.25) is 0 Å². The Kier molecular flexibility index (Phi) is 4.84. The second-order valence-corrected chi connectivity index (χ2v) is 7.15. The fraction of sp³-hybridized carbons (Fsp3) is 0.364. The minimum absolute atomic E-state index is 0.0499. The van der Waals surface area contributed by atoms with Crippen molar-refractivity contribution in [3.63, 3.8) is 0 Å². The van der Waals surface area contributed by atoms with Crippen molar-refractivity contribution in [2.24, 2.45) is 0 Å². The van der Waals surface area contributed by atoms with E-state index in [1.165, 1.54) is 5.56 Å². The number of ether oxygens (including phenoxy) is 1. The maximum absolute atomic E-state index is 12.1. The summed E-state index contributed by atoms with van der Waals surface area (Å²) in [5.41, 5.74) is 3.25. The van der Waals surface area contributed by atoms with E-state index in [0.29, 0.717) is 13.2 Å². The van der Waals surface area contributed by atoms with Crippen LogP contribution in [0.15, 0.2) is 48.5 Å². The molecule has 3 aromatic rings. The van der Waals surface area contributed by atoms with Crippen LogP contribution in [-0.2, 0) is 11.3 Å². The van der Waals surface area contributed by atoms with Crippen LogP contribution in [-0.4, -0.2) is 33.5 Å². The van der Waals surface area contributed by atoms with Gasteiger partial charge < -0.3 is 14.2 Å². The van der Waals surface area contributed by atoms with Crippen LogP contribution in [0.25, 0.3) is 11.0 Å². The first-order valence-electron chi connectivity index (χ1n) is 9.55. The van der Waals surface area contributed by atoms with Gasteiger partial charge in [0.2, 0.25) is 5.91 Å². The zero-order valence-corrected chi connectivity index (χ0v) is 15.9. The first-order chi connectivity index (χ1) is 13.1. The molecule has 1 aromatic heterocycles. The average molecular weight is 363 g/mol. The van der Waals surface area contributed by atoms with Crippen molar-refractivity contribution in [2.45, 2.75) is 39.3 Å². The molecule has 1 amide bonds. The zero-order valence-electron chi connectivity index (χ0n) is 15.9.